The molecule has 0 unspecified atom stereocenters. The standard InChI is InChI=1S/C17H14FN5O3S2/c1-10-2-4-11(5-3-10)19-16-21-22-17(28-16)27-9-15(24)20-14-8-12(23(25)26)6-7-13(14)18/h2-8H,9H2,1H3,(H,19,21)(H,20,24). The van der Waals surface area contributed by atoms with E-state index in [-0.39, 0.29) is 17.1 Å². The summed E-state index contributed by atoms with van der Waals surface area (Å²) in [6, 6.07) is 10.7. The fraction of sp³-hybridized carbons (Fsp3) is 0.118. The molecule has 0 fully saturated rings. The predicted molar refractivity (Wildman–Crippen MR) is 107 cm³/mol. The largest absolute Gasteiger partial charge is 0.330 e. The topological polar surface area (TPSA) is 110 Å². The summed E-state index contributed by atoms with van der Waals surface area (Å²) < 4.78 is 14.3. The van der Waals surface area contributed by atoms with Gasteiger partial charge in [0, 0.05) is 17.8 Å². The summed E-state index contributed by atoms with van der Waals surface area (Å²) in [5, 5.41) is 24.8. The molecule has 11 heteroatoms. The molecular formula is C17H14FN5O3S2. The summed E-state index contributed by atoms with van der Waals surface area (Å²) in [6.45, 7) is 1.99. The smallest absolute Gasteiger partial charge is 0.271 e. The van der Waals surface area contributed by atoms with Gasteiger partial charge in [0.05, 0.1) is 16.4 Å². The number of halogens is 1. The summed E-state index contributed by atoms with van der Waals surface area (Å²) in [5.41, 5.74) is 1.47. The predicted octanol–water partition coefficient (Wildman–Crippen LogP) is 4.37. The highest BCUT2D eigenvalue weighted by atomic mass is 32.2. The average Bonchev–Trinajstić information content (AvgIpc) is 3.11. The van der Waals surface area contributed by atoms with Gasteiger partial charge in [-0.05, 0) is 25.1 Å². The summed E-state index contributed by atoms with van der Waals surface area (Å²) >= 11 is 2.41. The number of hydrogen-bond donors (Lipinski definition) is 2. The van der Waals surface area contributed by atoms with E-state index in [1.54, 1.807) is 0 Å². The van der Waals surface area contributed by atoms with Crippen LogP contribution in [0.1, 0.15) is 5.56 Å². The first-order valence-corrected chi connectivity index (χ1v) is 9.75. The Morgan fingerprint density at radius 3 is 2.71 bits per heavy atom. The van der Waals surface area contributed by atoms with Crippen LogP contribution in [0, 0.1) is 22.9 Å². The third-order valence-electron chi connectivity index (χ3n) is 3.47. The highest BCUT2D eigenvalue weighted by Crippen LogP contribution is 2.28. The molecule has 0 radical (unpaired) electrons. The Kier molecular flexibility index (Phi) is 6.16. The van der Waals surface area contributed by atoms with Gasteiger partial charge in [-0.1, -0.05) is 40.8 Å². The first kappa shape index (κ1) is 19.7. The number of amides is 1. The van der Waals surface area contributed by atoms with Crippen LogP contribution in [-0.2, 0) is 4.79 Å². The van der Waals surface area contributed by atoms with Crippen LogP contribution in [0.5, 0.6) is 0 Å². The van der Waals surface area contributed by atoms with Crippen LogP contribution in [0.25, 0.3) is 0 Å². The van der Waals surface area contributed by atoms with Gasteiger partial charge in [0.15, 0.2) is 4.34 Å². The Hall–Kier alpha value is -3.05. The lowest BCUT2D eigenvalue weighted by molar-refractivity contribution is -0.384. The molecule has 3 rings (SSSR count). The van der Waals surface area contributed by atoms with E-state index in [1.807, 2.05) is 31.2 Å². The fourth-order valence-corrected chi connectivity index (χ4v) is 3.69. The van der Waals surface area contributed by atoms with E-state index in [0.29, 0.717) is 9.47 Å². The van der Waals surface area contributed by atoms with Crippen molar-refractivity contribution in [3.8, 4) is 0 Å². The number of nitro benzene ring substituents is 1. The molecule has 28 heavy (non-hydrogen) atoms. The first-order chi connectivity index (χ1) is 13.4. The zero-order chi connectivity index (χ0) is 20.1. The van der Waals surface area contributed by atoms with E-state index in [1.165, 1.54) is 11.3 Å². The number of benzene rings is 2. The van der Waals surface area contributed by atoms with Crippen LogP contribution in [0.3, 0.4) is 0 Å². The quantitative estimate of drug-likeness (QED) is 0.332. The number of hydrogen-bond acceptors (Lipinski definition) is 8. The van der Waals surface area contributed by atoms with Crippen molar-refractivity contribution in [2.24, 2.45) is 0 Å². The lowest BCUT2D eigenvalue weighted by Gasteiger charge is -2.05. The van der Waals surface area contributed by atoms with E-state index in [2.05, 4.69) is 20.8 Å². The molecule has 144 valence electrons. The minimum atomic E-state index is -0.746. The minimum Gasteiger partial charge on any atom is -0.330 e. The Morgan fingerprint density at radius 2 is 2.00 bits per heavy atom. The van der Waals surface area contributed by atoms with Crippen LogP contribution in [0.2, 0.25) is 0 Å². The summed E-state index contributed by atoms with van der Waals surface area (Å²) in [4.78, 5) is 22.1. The number of carbonyl (C=O) groups is 1. The lowest BCUT2D eigenvalue weighted by atomic mass is 10.2. The van der Waals surface area contributed by atoms with Crippen molar-refractivity contribution in [2.45, 2.75) is 11.3 Å². The van der Waals surface area contributed by atoms with Crippen molar-refractivity contribution < 1.29 is 14.1 Å². The molecule has 1 aromatic heterocycles. The highest BCUT2D eigenvalue weighted by molar-refractivity contribution is 8.01. The van der Waals surface area contributed by atoms with Gasteiger partial charge in [0.25, 0.3) is 5.69 Å². The zero-order valence-corrected chi connectivity index (χ0v) is 16.1. The number of aromatic nitrogens is 2. The molecule has 3 aromatic rings. The number of anilines is 3. The average molecular weight is 419 g/mol. The van der Waals surface area contributed by atoms with E-state index in [0.717, 1.165) is 41.2 Å². The molecule has 0 aliphatic rings. The van der Waals surface area contributed by atoms with E-state index in [9.17, 15) is 19.3 Å². The van der Waals surface area contributed by atoms with Gasteiger partial charge in [-0.3, -0.25) is 14.9 Å². The number of nitrogens with zero attached hydrogens (tertiary/aromatic N) is 3. The van der Waals surface area contributed by atoms with Crippen molar-refractivity contribution in [1.82, 2.24) is 10.2 Å². The molecule has 1 heterocycles. The summed E-state index contributed by atoms with van der Waals surface area (Å²) in [7, 11) is 0. The molecule has 8 nitrogen and oxygen atoms in total. The second-order valence-electron chi connectivity index (χ2n) is 5.62. The van der Waals surface area contributed by atoms with Crippen molar-refractivity contribution in [1.29, 1.82) is 0 Å². The monoisotopic (exact) mass is 419 g/mol. The van der Waals surface area contributed by atoms with Crippen LogP contribution in [-0.4, -0.2) is 26.8 Å². The van der Waals surface area contributed by atoms with E-state index >= 15 is 0 Å². The van der Waals surface area contributed by atoms with Crippen LogP contribution >= 0.6 is 23.1 Å². The molecule has 0 bridgehead atoms. The molecule has 0 spiro atoms. The van der Waals surface area contributed by atoms with E-state index < -0.39 is 16.6 Å². The van der Waals surface area contributed by atoms with Gasteiger partial charge in [0.2, 0.25) is 11.0 Å². The van der Waals surface area contributed by atoms with Crippen molar-refractivity contribution in [2.75, 3.05) is 16.4 Å². The number of nitro groups is 1. The minimum absolute atomic E-state index is 0.0404. The molecule has 2 N–H and O–H groups in total. The van der Waals surface area contributed by atoms with Gasteiger partial charge in [-0.2, -0.15) is 0 Å². The number of aryl methyl sites for hydroxylation is 1. The first-order valence-electron chi connectivity index (χ1n) is 7.94. The third kappa shape index (κ3) is 5.24. The maximum Gasteiger partial charge on any atom is 0.271 e. The molecule has 2 aromatic carbocycles. The molecule has 0 atom stereocenters. The van der Waals surface area contributed by atoms with Gasteiger partial charge < -0.3 is 10.6 Å². The number of nitrogens with one attached hydrogen (secondary N) is 2. The second-order valence-corrected chi connectivity index (χ2v) is 7.82. The highest BCUT2D eigenvalue weighted by Gasteiger charge is 2.14. The van der Waals surface area contributed by atoms with Gasteiger partial charge >= 0.3 is 0 Å². The number of rotatable bonds is 7. The number of thioether (sulfide) groups is 1. The molecule has 1 amide bonds. The zero-order valence-electron chi connectivity index (χ0n) is 14.5. The molecular weight excluding hydrogens is 405 g/mol. The number of non-ortho nitro benzene ring substituents is 1. The van der Waals surface area contributed by atoms with Crippen LogP contribution < -0.4 is 10.6 Å². The Balaban J connectivity index is 1.55. The third-order valence-corrected chi connectivity index (χ3v) is 5.44. The summed E-state index contributed by atoms with van der Waals surface area (Å²) in [5.74, 6) is -1.29. The second kappa shape index (κ2) is 8.76. The molecule has 0 aliphatic heterocycles. The Labute approximate surface area is 167 Å². The Bertz CT molecular complexity index is 1010. The van der Waals surface area contributed by atoms with Crippen LogP contribution in [0.4, 0.5) is 26.6 Å². The van der Waals surface area contributed by atoms with Crippen LogP contribution in [0.15, 0.2) is 46.8 Å². The van der Waals surface area contributed by atoms with Gasteiger partial charge in [-0.15, -0.1) is 10.2 Å². The van der Waals surface area contributed by atoms with Gasteiger partial charge in [0.1, 0.15) is 5.82 Å². The van der Waals surface area contributed by atoms with Crippen molar-refractivity contribution in [3.05, 3.63) is 64.0 Å². The molecule has 0 aliphatic carbocycles. The van der Waals surface area contributed by atoms with Crippen molar-refractivity contribution in [3.63, 3.8) is 0 Å². The lowest BCUT2D eigenvalue weighted by Crippen LogP contribution is -2.15. The van der Waals surface area contributed by atoms with Gasteiger partial charge in [-0.25, -0.2) is 4.39 Å². The maximum absolute atomic E-state index is 13.7. The Morgan fingerprint density at radius 1 is 1.25 bits per heavy atom. The molecule has 0 saturated carbocycles. The molecule has 0 saturated heterocycles. The number of carbonyl (C=O) groups excluding carboxylic acids is 1. The maximum atomic E-state index is 13.7. The SMILES string of the molecule is Cc1ccc(Nc2nnc(SCC(=O)Nc3cc([N+](=O)[O-])ccc3F)s2)cc1. The van der Waals surface area contributed by atoms with Crippen molar-refractivity contribution >= 4 is 51.2 Å². The fourth-order valence-electron chi connectivity index (χ4n) is 2.12. The summed E-state index contributed by atoms with van der Waals surface area (Å²) in [6.07, 6.45) is 0. The normalized spacial score (nSPS) is 10.5. The van der Waals surface area contributed by atoms with E-state index in [4.69, 9.17) is 0 Å².